The molecule has 1 atom stereocenters. The van der Waals surface area contributed by atoms with Crippen LogP contribution in [0.2, 0.25) is 0 Å². The van der Waals surface area contributed by atoms with Gasteiger partial charge in [0, 0.05) is 18.2 Å². The molecule has 1 saturated heterocycles. The Morgan fingerprint density at radius 2 is 1.83 bits per heavy atom. The van der Waals surface area contributed by atoms with E-state index in [1.165, 1.54) is 24.0 Å². The van der Waals surface area contributed by atoms with Crippen LogP contribution in [0.1, 0.15) is 47.3 Å². The average molecular weight is 322 g/mol. The van der Waals surface area contributed by atoms with E-state index in [0.29, 0.717) is 12.6 Å². The van der Waals surface area contributed by atoms with E-state index < -0.39 is 0 Å². The third kappa shape index (κ3) is 4.24. The van der Waals surface area contributed by atoms with Crippen molar-refractivity contribution >= 4 is 5.91 Å². The molecule has 2 aromatic rings. The molecule has 0 spiro atoms. The Morgan fingerprint density at radius 1 is 1.08 bits per heavy atom. The number of hydrogen-bond acceptors (Lipinski definition) is 2. The van der Waals surface area contributed by atoms with Crippen LogP contribution < -0.4 is 5.32 Å². The maximum atomic E-state index is 12.4. The number of carbonyl (C=O) groups excluding carboxylic acids is 1. The summed E-state index contributed by atoms with van der Waals surface area (Å²) in [6.07, 6.45) is 3.42. The highest BCUT2D eigenvalue weighted by molar-refractivity contribution is 5.94. The summed E-state index contributed by atoms with van der Waals surface area (Å²) in [5, 5.41) is 3.03. The highest BCUT2D eigenvalue weighted by Crippen LogP contribution is 2.25. The number of amides is 1. The molecule has 3 rings (SSSR count). The molecule has 0 radical (unpaired) electrons. The van der Waals surface area contributed by atoms with Gasteiger partial charge in [0.05, 0.1) is 0 Å². The molecular weight excluding hydrogens is 296 g/mol. The zero-order chi connectivity index (χ0) is 16.8. The molecule has 126 valence electrons. The smallest absolute Gasteiger partial charge is 0.251 e. The van der Waals surface area contributed by atoms with Crippen molar-refractivity contribution in [2.45, 2.75) is 32.2 Å². The molecule has 0 bridgehead atoms. The Bertz CT molecular complexity index is 663. The largest absolute Gasteiger partial charge is 0.352 e. The highest BCUT2D eigenvalue weighted by Gasteiger charge is 2.20. The molecule has 1 unspecified atom stereocenters. The normalized spacial score (nSPS) is 16.0. The van der Waals surface area contributed by atoms with Crippen molar-refractivity contribution in [2.75, 3.05) is 19.6 Å². The molecule has 1 aliphatic rings. The molecule has 1 aliphatic heterocycles. The van der Waals surface area contributed by atoms with Gasteiger partial charge in [-0.1, -0.05) is 42.5 Å². The van der Waals surface area contributed by atoms with E-state index in [1.807, 2.05) is 36.4 Å². The standard InChI is InChI=1S/C21H26N2O/c1-17(23-14-5-6-15-23)19-10-7-11-20(16-19)21(24)22-13-12-18-8-3-2-4-9-18/h2-4,7-11,16-17H,5-6,12-15H2,1H3,(H,22,24). The Balaban J connectivity index is 1.57. The first-order chi connectivity index (χ1) is 11.7. The SMILES string of the molecule is CC(c1cccc(C(=O)NCCc2ccccc2)c1)N1CCCC1. The fraction of sp³-hybridized carbons (Fsp3) is 0.381. The Kier molecular flexibility index (Phi) is 5.65. The van der Waals surface area contributed by atoms with Crippen LogP contribution in [0.5, 0.6) is 0 Å². The number of benzene rings is 2. The van der Waals surface area contributed by atoms with Gasteiger partial charge in [-0.25, -0.2) is 0 Å². The highest BCUT2D eigenvalue weighted by atomic mass is 16.1. The van der Waals surface area contributed by atoms with Crippen LogP contribution in [-0.2, 0) is 6.42 Å². The fourth-order valence-corrected chi connectivity index (χ4v) is 3.35. The van der Waals surface area contributed by atoms with Gasteiger partial charge < -0.3 is 5.32 Å². The molecule has 3 nitrogen and oxygen atoms in total. The summed E-state index contributed by atoms with van der Waals surface area (Å²) < 4.78 is 0. The Hall–Kier alpha value is -2.13. The second-order valence-corrected chi connectivity index (χ2v) is 6.54. The van der Waals surface area contributed by atoms with E-state index in [9.17, 15) is 4.79 Å². The van der Waals surface area contributed by atoms with Crippen LogP contribution in [-0.4, -0.2) is 30.4 Å². The van der Waals surface area contributed by atoms with E-state index in [-0.39, 0.29) is 5.91 Å². The van der Waals surface area contributed by atoms with E-state index in [1.54, 1.807) is 0 Å². The molecule has 1 heterocycles. The maximum absolute atomic E-state index is 12.4. The summed E-state index contributed by atoms with van der Waals surface area (Å²) in [6.45, 7) is 5.22. The van der Waals surface area contributed by atoms with Crippen molar-refractivity contribution in [1.29, 1.82) is 0 Å². The van der Waals surface area contributed by atoms with E-state index in [0.717, 1.165) is 25.1 Å². The summed E-state index contributed by atoms with van der Waals surface area (Å²) in [5.74, 6) is 0.0152. The molecule has 1 fully saturated rings. The monoisotopic (exact) mass is 322 g/mol. The van der Waals surface area contributed by atoms with Gasteiger partial charge in [-0.3, -0.25) is 9.69 Å². The Morgan fingerprint density at radius 3 is 2.58 bits per heavy atom. The quantitative estimate of drug-likeness (QED) is 0.877. The van der Waals surface area contributed by atoms with Gasteiger partial charge in [0.2, 0.25) is 0 Å². The summed E-state index contributed by atoms with van der Waals surface area (Å²) in [7, 11) is 0. The van der Waals surface area contributed by atoms with Gasteiger partial charge >= 0.3 is 0 Å². The van der Waals surface area contributed by atoms with Crippen molar-refractivity contribution in [3.63, 3.8) is 0 Å². The van der Waals surface area contributed by atoms with E-state index in [2.05, 4.69) is 35.3 Å². The summed E-state index contributed by atoms with van der Waals surface area (Å²) in [6, 6.07) is 18.7. The average Bonchev–Trinajstić information content (AvgIpc) is 3.16. The number of carbonyl (C=O) groups is 1. The number of likely N-dealkylation sites (tertiary alicyclic amines) is 1. The van der Waals surface area contributed by atoms with Crippen LogP contribution >= 0.6 is 0 Å². The first-order valence-corrected chi connectivity index (χ1v) is 8.90. The third-order valence-corrected chi connectivity index (χ3v) is 4.86. The second kappa shape index (κ2) is 8.11. The zero-order valence-corrected chi connectivity index (χ0v) is 14.4. The molecule has 0 aliphatic carbocycles. The van der Waals surface area contributed by atoms with Crippen LogP contribution in [0, 0.1) is 0 Å². The molecule has 1 amide bonds. The van der Waals surface area contributed by atoms with Crippen LogP contribution in [0.4, 0.5) is 0 Å². The van der Waals surface area contributed by atoms with Gasteiger partial charge in [0.25, 0.3) is 5.91 Å². The minimum Gasteiger partial charge on any atom is -0.352 e. The lowest BCUT2D eigenvalue weighted by Gasteiger charge is -2.24. The van der Waals surface area contributed by atoms with Gasteiger partial charge in [0.1, 0.15) is 0 Å². The maximum Gasteiger partial charge on any atom is 0.251 e. The van der Waals surface area contributed by atoms with Crippen molar-refractivity contribution in [2.24, 2.45) is 0 Å². The number of nitrogens with one attached hydrogen (secondary N) is 1. The van der Waals surface area contributed by atoms with Crippen molar-refractivity contribution < 1.29 is 4.79 Å². The van der Waals surface area contributed by atoms with Crippen molar-refractivity contribution in [1.82, 2.24) is 10.2 Å². The summed E-state index contributed by atoms with van der Waals surface area (Å²) >= 11 is 0. The van der Waals surface area contributed by atoms with Crippen LogP contribution in [0.3, 0.4) is 0 Å². The molecule has 24 heavy (non-hydrogen) atoms. The molecule has 0 aromatic heterocycles. The third-order valence-electron chi connectivity index (χ3n) is 4.86. The van der Waals surface area contributed by atoms with Gasteiger partial charge in [-0.05, 0) is 62.5 Å². The first kappa shape index (κ1) is 16.7. The van der Waals surface area contributed by atoms with E-state index >= 15 is 0 Å². The van der Waals surface area contributed by atoms with E-state index in [4.69, 9.17) is 0 Å². The molecule has 0 saturated carbocycles. The predicted octanol–water partition coefficient (Wildman–Crippen LogP) is 3.82. The number of nitrogens with zero attached hydrogens (tertiary/aromatic N) is 1. The fourth-order valence-electron chi connectivity index (χ4n) is 3.35. The lowest BCUT2D eigenvalue weighted by molar-refractivity contribution is 0.0954. The summed E-state index contributed by atoms with van der Waals surface area (Å²) in [4.78, 5) is 14.9. The predicted molar refractivity (Wildman–Crippen MR) is 98.1 cm³/mol. The summed E-state index contributed by atoms with van der Waals surface area (Å²) in [5.41, 5.74) is 3.23. The second-order valence-electron chi connectivity index (χ2n) is 6.54. The van der Waals surface area contributed by atoms with Crippen LogP contribution in [0.25, 0.3) is 0 Å². The van der Waals surface area contributed by atoms with Crippen molar-refractivity contribution in [3.05, 3.63) is 71.3 Å². The van der Waals surface area contributed by atoms with Gasteiger partial charge in [0.15, 0.2) is 0 Å². The lowest BCUT2D eigenvalue weighted by atomic mass is 10.0. The molecule has 2 aromatic carbocycles. The minimum atomic E-state index is 0.0152. The topological polar surface area (TPSA) is 32.3 Å². The van der Waals surface area contributed by atoms with Gasteiger partial charge in [-0.15, -0.1) is 0 Å². The lowest BCUT2D eigenvalue weighted by Crippen LogP contribution is -2.26. The number of rotatable bonds is 6. The zero-order valence-electron chi connectivity index (χ0n) is 14.4. The minimum absolute atomic E-state index is 0.0152. The van der Waals surface area contributed by atoms with Crippen molar-refractivity contribution in [3.8, 4) is 0 Å². The van der Waals surface area contributed by atoms with Crippen LogP contribution in [0.15, 0.2) is 54.6 Å². The Labute approximate surface area is 144 Å². The van der Waals surface area contributed by atoms with Gasteiger partial charge in [-0.2, -0.15) is 0 Å². The molecule has 3 heteroatoms. The number of hydrogen-bond donors (Lipinski definition) is 1. The molecular formula is C21H26N2O. The first-order valence-electron chi connectivity index (χ1n) is 8.90. The molecule has 1 N–H and O–H groups in total.